The van der Waals surface area contributed by atoms with E-state index in [1.54, 1.807) is 0 Å². The molecule has 0 spiro atoms. The monoisotopic (exact) mass is 172 g/mol. The van der Waals surface area contributed by atoms with E-state index in [0.717, 1.165) is 19.3 Å². The van der Waals surface area contributed by atoms with Gasteiger partial charge in [0.15, 0.2) is 0 Å². The van der Waals surface area contributed by atoms with E-state index in [9.17, 15) is 0 Å². The average molecular weight is 172 g/mol. The maximum absolute atomic E-state index is 5.77. The molecule has 1 saturated carbocycles. The highest BCUT2D eigenvalue weighted by Gasteiger charge is 2.23. The lowest BCUT2D eigenvalue weighted by Crippen LogP contribution is -2.36. The summed E-state index contributed by atoms with van der Waals surface area (Å²) in [7, 11) is 0. The minimum atomic E-state index is -0.104. The molecular formula is C9H20N2O. The summed E-state index contributed by atoms with van der Waals surface area (Å²) in [6.07, 6.45) is 3.29. The lowest BCUT2D eigenvalue weighted by Gasteiger charge is -2.22. The molecule has 3 N–H and O–H groups in total. The second-order valence-corrected chi connectivity index (χ2v) is 4.60. The largest absolute Gasteiger partial charge is 0.328 e. The van der Waals surface area contributed by atoms with Gasteiger partial charge < -0.3 is 5.73 Å². The third-order valence-electron chi connectivity index (χ3n) is 2.00. The molecule has 12 heavy (non-hydrogen) atoms. The lowest BCUT2D eigenvalue weighted by molar-refractivity contribution is -0.0874. The van der Waals surface area contributed by atoms with Gasteiger partial charge in [-0.1, -0.05) is 0 Å². The van der Waals surface area contributed by atoms with Crippen LogP contribution in [0.1, 0.15) is 40.0 Å². The zero-order valence-corrected chi connectivity index (χ0v) is 8.26. The van der Waals surface area contributed by atoms with Crippen LogP contribution in [0, 0.1) is 0 Å². The van der Waals surface area contributed by atoms with Gasteiger partial charge in [0, 0.05) is 12.1 Å². The molecule has 0 saturated heterocycles. The maximum atomic E-state index is 5.77. The standard InChI is InChI=1S/C9H20N2O/c1-9(2,3)12-11-8-5-4-7(10)6-8/h7-8,11H,4-6,10H2,1-3H3. The first-order valence-corrected chi connectivity index (χ1v) is 4.66. The Morgan fingerprint density at radius 3 is 2.42 bits per heavy atom. The molecule has 3 heteroatoms. The van der Waals surface area contributed by atoms with Crippen LogP contribution >= 0.6 is 0 Å². The van der Waals surface area contributed by atoms with E-state index in [4.69, 9.17) is 10.6 Å². The third-order valence-corrected chi connectivity index (χ3v) is 2.00. The van der Waals surface area contributed by atoms with Crippen molar-refractivity contribution in [2.45, 2.75) is 57.7 Å². The fourth-order valence-electron chi connectivity index (χ4n) is 1.38. The zero-order valence-electron chi connectivity index (χ0n) is 8.26. The third kappa shape index (κ3) is 3.52. The van der Waals surface area contributed by atoms with Gasteiger partial charge in [0.25, 0.3) is 0 Å². The normalized spacial score (nSPS) is 31.0. The molecule has 1 fully saturated rings. The van der Waals surface area contributed by atoms with Gasteiger partial charge in [0.05, 0.1) is 5.60 Å². The summed E-state index contributed by atoms with van der Waals surface area (Å²) in [6, 6.07) is 0.824. The predicted molar refractivity (Wildman–Crippen MR) is 49.6 cm³/mol. The zero-order chi connectivity index (χ0) is 9.19. The second-order valence-electron chi connectivity index (χ2n) is 4.60. The van der Waals surface area contributed by atoms with Crippen molar-refractivity contribution in [1.82, 2.24) is 5.48 Å². The Bertz CT molecular complexity index is 142. The molecule has 0 radical (unpaired) electrons. The average Bonchev–Trinajstić information content (AvgIpc) is 2.30. The van der Waals surface area contributed by atoms with Crippen LogP contribution in [0.5, 0.6) is 0 Å². The number of hydrogen-bond donors (Lipinski definition) is 2. The molecule has 0 aromatic rings. The molecule has 1 aliphatic rings. The Morgan fingerprint density at radius 1 is 1.33 bits per heavy atom. The molecule has 3 nitrogen and oxygen atoms in total. The minimum absolute atomic E-state index is 0.104. The molecule has 0 heterocycles. The predicted octanol–water partition coefficient (Wildman–Crippen LogP) is 1.19. The van der Waals surface area contributed by atoms with Crippen LogP contribution in [0.15, 0.2) is 0 Å². The smallest absolute Gasteiger partial charge is 0.0813 e. The lowest BCUT2D eigenvalue weighted by atomic mass is 10.2. The van der Waals surface area contributed by atoms with Crippen molar-refractivity contribution >= 4 is 0 Å². The number of rotatable bonds is 2. The van der Waals surface area contributed by atoms with E-state index in [-0.39, 0.29) is 5.60 Å². The summed E-state index contributed by atoms with van der Waals surface area (Å²) in [5.41, 5.74) is 8.74. The van der Waals surface area contributed by atoms with Gasteiger partial charge in [-0.05, 0) is 40.0 Å². The number of hydrogen-bond acceptors (Lipinski definition) is 3. The fraction of sp³-hybridized carbons (Fsp3) is 1.00. The summed E-state index contributed by atoms with van der Waals surface area (Å²) < 4.78 is 0. The first-order chi connectivity index (χ1) is 5.47. The fourth-order valence-corrected chi connectivity index (χ4v) is 1.38. The SMILES string of the molecule is CC(C)(C)ONC1CCC(N)C1. The van der Waals surface area contributed by atoms with Gasteiger partial charge in [-0.25, -0.2) is 0 Å². The second kappa shape index (κ2) is 3.73. The minimum Gasteiger partial charge on any atom is -0.328 e. The molecule has 2 unspecified atom stereocenters. The highest BCUT2D eigenvalue weighted by molar-refractivity contribution is 4.80. The van der Waals surface area contributed by atoms with Crippen LogP contribution in [0.2, 0.25) is 0 Å². The molecule has 72 valence electrons. The van der Waals surface area contributed by atoms with E-state index in [1.807, 2.05) is 20.8 Å². The molecule has 0 aliphatic heterocycles. The van der Waals surface area contributed by atoms with Crippen LogP contribution < -0.4 is 11.2 Å². The number of nitrogens with two attached hydrogens (primary N) is 1. The Morgan fingerprint density at radius 2 is 2.00 bits per heavy atom. The van der Waals surface area contributed by atoms with Crippen LogP contribution in [-0.4, -0.2) is 17.7 Å². The Kier molecular flexibility index (Phi) is 3.09. The van der Waals surface area contributed by atoms with E-state index in [0.29, 0.717) is 12.1 Å². The molecule has 1 aliphatic carbocycles. The van der Waals surface area contributed by atoms with Crippen molar-refractivity contribution in [2.24, 2.45) is 5.73 Å². The first kappa shape index (κ1) is 9.96. The van der Waals surface area contributed by atoms with E-state index < -0.39 is 0 Å². The summed E-state index contributed by atoms with van der Waals surface area (Å²) in [5.74, 6) is 0. The van der Waals surface area contributed by atoms with Crippen molar-refractivity contribution in [3.05, 3.63) is 0 Å². The summed E-state index contributed by atoms with van der Waals surface area (Å²) in [4.78, 5) is 5.46. The quantitative estimate of drug-likeness (QED) is 0.615. The topological polar surface area (TPSA) is 47.3 Å². The maximum Gasteiger partial charge on any atom is 0.0813 e. The number of nitrogens with one attached hydrogen (secondary N) is 1. The van der Waals surface area contributed by atoms with Crippen molar-refractivity contribution in [3.63, 3.8) is 0 Å². The van der Waals surface area contributed by atoms with Crippen LogP contribution in [-0.2, 0) is 4.84 Å². The molecule has 0 bridgehead atoms. The molecule has 1 rings (SSSR count). The van der Waals surface area contributed by atoms with Gasteiger partial charge >= 0.3 is 0 Å². The molecule has 0 aromatic heterocycles. The summed E-state index contributed by atoms with van der Waals surface area (Å²) >= 11 is 0. The van der Waals surface area contributed by atoms with Gasteiger partial charge in [0.1, 0.15) is 0 Å². The highest BCUT2D eigenvalue weighted by Crippen LogP contribution is 2.18. The summed E-state index contributed by atoms with van der Waals surface area (Å²) in [5, 5.41) is 0. The Balaban J connectivity index is 2.16. The Labute approximate surface area is 74.6 Å². The van der Waals surface area contributed by atoms with Crippen LogP contribution in [0.4, 0.5) is 0 Å². The van der Waals surface area contributed by atoms with E-state index >= 15 is 0 Å². The summed E-state index contributed by atoms with van der Waals surface area (Å²) in [6.45, 7) is 6.11. The van der Waals surface area contributed by atoms with Crippen LogP contribution in [0.25, 0.3) is 0 Å². The van der Waals surface area contributed by atoms with Gasteiger partial charge in [-0.2, -0.15) is 5.48 Å². The van der Waals surface area contributed by atoms with E-state index in [2.05, 4.69) is 5.48 Å². The van der Waals surface area contributed by atoms with Crippen molar-refractivity contribution in [3.8, 4) is 0 Å². The first-order valence-electron chi connectivity index (χ1n) is 4.66. The molecule has 0 aromatic carbocycles. The molecular weight excluding hydrogens is 152 g/mol. The number of hydroxylamine groups is 1. The van der Waals surface area contributed by atoms with Crippen molar-refractivity contribution in [1.29, 1.82) is 0 Å². The van der Waals surface area contributed by atoms with E-state index in [1.165, 1.54) is 0 Å². The molecule has 0 amide bonds. The van der Waals surface area contributed by atoms with Gasteiger partial charge in [0.2, 0.25) is 0 Å². The Hall–Kier alpha value is -0.120. The molecule has 2 atom stereocenters. The van der Waals surface area contributed by atoms with Gasteiger partial charge in [-0.15, -0.1) is 0 Å². The van der Waals surface area contributed by atoms with Crippen molar-refractivity contribution < 1.29 is 4.84 Å². The van der Waals surface area contributed by atoms with Crippen LogP contribution in [0.3, 0.4) is 0 Å². The highest BCUT2D eigenvalue weighted by atomic mass is 16.7. The van der Waals surface area contributed by atoms with Gasteiger partial charge in [-0.3, -0.25) is 4.84 Å². The van der Waals surface area contributed by atoms with Crippen molar-refractivity contribution in [2.75, 3.05) is 0 Å².